The molecule has 1 aliphatic heterocycles. The largest absolute Gasteiger partial charge is 0.296 e. The van der Waals surface area contributed by atoms with Crippen molar-refractivity contribution in [2.45, 2.75) is 60.3 Å². The van der Waals surface area contributed by atoms with Crippen LogP contribution in [-0.4, -0.2) is 11.8 Å². The molecule has 1 N–H and O–H groups in total. The third kappa shape index (κ3) is 3.68. The number of hydrogen-bond donors (Lipinski definition) is 1. The SMILES string of the molecule is C/C(=C\CCC(C)C1=CCC2C(=O)NC(=O)C2C1)C(C)(C)C. The van der Waals surface area contributed by atoms with E-state index in [0.717, 1.165) is 25.7 Å². The van der Waals surface area contributed by atoms with Crippen LogP contribution in [0.5, 0.6) is 0 Å². The summed E-state index contributed by atoms with van der Waals surface area (Å²) in [5, 5.41) is 2.47. The van der Waals surface area contributed by atoms with Crippen molar-refractivity contribution in [3.8, 4) is 0 Å². The van der Waals surface area contributed by atoms with Crippen molar-refractivity contribution in [2.24, 2.45) is 23.2 Å². The second-order valence-electron chi connectivity index (χ2n) is 7.90. The van der Waals surface area contributed by atoms with Crippen LogP contribution in [0.25, 0.3) is 0 Å². The van der Waals surface area contributed by atoms with Gasteiger partial charge in [0.25, 0.3) is 0 Å². The van der Waals surface area contributed by atoms with Crippen LogP contribution in [0.1, 0.15) is 60.3 Å². The first-order chi connectivity index (χ1) is 10.2. The molecule has 0 aromatic rings. The van der Waals surface area contributed by atoms with Gasteiger partial charge in [0.15, 0.2) is 0 Å². The van der Waals surface area contributed by atoms with Crippen LogP contribution in [0.2, 0.25) is 0 Å². The fraction of sp³-hybridized carbons (Fsp3) is 0.684. The van der Waals surface area contributed by atoms with Gasteiger partial charge < -0.3 is 0 Å². The minimum absolute atomic E-state index is 0.0729. The van der Waals surface area contributed by atoms with Gasteiger partial charge in [-0.05, 0) is 43.9 Å². The van der Waals surface area contributed by atoms with Gasteiger partial charge in [-0.3, -0.25) is 14.9 Å². The number of amides is 2. The van der Waals surface area contributed by atoms with Crippen molar-refractivity contribution >= 4 is 11.8 Å². The normalized spacial score (nSPS) is 27.3. The van der Waals surface area contributed by atoms with Crippen molar-refractivity contribution < 1.29 is 9.59 Å². The quantitative estimate of drug-likeness (QED) is 0.630. The van der Waals surface area contributed by atoms with E-state index in [2.05, 4.69) is 52.1 Å². The first-order valence-corrected chi connectivity index (χ1v) is 8.41. The summed E-state index contributed by atoms with van der Waals surface area (Å²) >= 11 is 0. The van der Waals surface area contributed by atoms with E-state index in [4.69, 9.17) is 0 Å². The number of nitrogens with one attached hydrogen (secondary N) is 1. The molecule has 1 saturated heterocycles. The van der Waals surface area contributed by atoms with Crippen LogP contribution in [0, 0.1) is 23.2 Å². The molecule has 0 spiro atoms. The summed E-state index contributed by atoms with van der Waals surface area (Å²) < 4.78 is 0. The van der Waals surface area contributed by atoms with Crippen LogP contribution in [-0.2, 0) is 9.59 Å². The lowest BCUT2D eigenvalue weighted by atomic mass is 9.77. The third-order valence-electron chi connectivity index (χ3n) is 5.36. The molecule has 1 aliphatic carbocycles. The Morgan fingerprint density at radius 2 is 1.95 bits per heavy atom. The molecule has 0 aromatic heterocycles. The van der Waals surface area contributed by atoms with Gasteiger partial charge in [-0.1, -0.05) is 51.0 Å². The standard InChI is InChI=1S/C19H29NO2/c1-12(7-6-8-13(2)19(3,4)5)14-9-10-15-16(11-14)18(22)20-17(15)21/h8-9,12,15-16H,6-7,10-11H2,1-5H3,(H,20,21,22)/b13-8+. The van der Waals surface area contributed by atoms with Gasteiger partial charge in [-0.2, -0.15) is 0 Å². The van der Waals surface area contributed by atoms with E-state index in [1.807, 2.05) is 0 Å². The van der Waals surface area contributed by atoms with E-state index in [9.17, 15) is 9.59 Å². The number of hydrogen-bond acceptors (Lipinski definition) is 2. The van der Waals surface area contributed by atoms with Crippen molar-refractivity contribution in [1.29, 1.82) is 0 Å². The van der Waals surface area contributed by atoms with E-state index in [0.29, 0.717) is 5.92 Å². The smallest absolute Gasteiger partial charge is 0.230 e. The fourth-order valence-electron chi connectivity index (χ4n) is 3.24. The molecule has 0 aromatic carbocycles. The second kappa shape index (κ2) is 6.39. The Balaban J connectivity index is 1.92. The molecular formula is C19H29NO2. The zero-order valence-corrected chi connectivity index (χ0v) is 14.5. The Hall–Kier alpha value is -1.38. The van der Waals surface area contributed by atoms with Crippen LogP contribution in [0.15, 0.2) is 23.3 Å². The van der Waals surface area contributed by atoms with Crippen LogP contribution in [0.4, 0.5) is 0 Å². The summed E-state index contributed by atoms with van der Waals surface area (Å²) in [7, 11) is 0. The lowest BCUT2D eigenvalue weighted by Gasteiger charge is -2.26. The van der Waals surface area contributed by atoms with Crippen LogP contribution < -0.4 is 5.32 Å². The van der Waals surface area contributed by atoms with Gasteiger partial charge in [0.1, 0.15) is 0 Å². The van der Waals surface area contributed by atoms with Crippen molar-refractivity contribution in [2.75, 3.05) is 0 Å². The van der Waals surface area contributed by atoms with Gasteiger partial charge in [0.2, 0.25) is 11.8 Å². The molecule has 3 heteroatoms. The van der Waals surface area contributed by atoms with Crippen LogP contribution in [0.3, 0.4) is 0 Å². The van der Waals surface area contributed by atoms with Gasteiger partial charge in [0.05, 0.1) is 11.8 Å². The van der Waals surface area contributed by atoms with Gasteiger partial charge in [0, 0.05) is 0 Å². The summed E-state index contributed by atoms with van der Waals surface area (Å²) in [6, 6.07) is 0. The molecule has 2 aliphatic rings. The average Bonchev–Trinajstić information content (AvgIpc) is 2.72. The molecule has 0 bridgehead atoms. The summed E-state index contributed by atoms with van der Waals surface area (Å²) in [6.07, 6.45) is 8.19. The zero-order chi connectivity index (χ0) is 16.5. The molecule has 2 amide bonds. The number of imide groups is 1. The zero-order valence-electron chi connectivity index (χ0n) is 14.5. The molecule has 0 saturated carbocycles. The Kier molecular flexibility index (Phi) is 4.93. The van der Waals surface area contributed by atoms with Gasteiger partial charge in [-0.15, -0.1) is 0 Å². The molecule has 3 nitrogen and oxygen atoms in total. The Bertz CT molecular complexity index is 522. The number of carbonyl (C=O) groups excluding carboxylic acids is 2. The predicted molar refractivity (Wildman–Crippen MR) is 89.1 cm³/mol. The maximum atomic E-state index is 11.8. The molecule has 122 valence electrons. The predicted octanol–water partition coefficient (Wildman–Crippen LogP) is 4.00. The van der Waals surface area contributed by atoms with Crippen molar-refractivity contribution in [3.05, 3.63) is 23.3 Å². The van der Waals surface area contributed by atoms with Crippen LogP contribution >= 0.6 is 0 Å². The van der Waals surface area contributed by atoms with E-state index >= 15 is 0 Å². The summed E-state index contributed by atoms with van der Waals surface area (Å²) in [4.78, 5) is 23.5. The van der Waals surface area contributed by atoms with Crippen molar-refractivity contribution in [1.82, 2.24) is 5.32 Å². The molecule has 3 atom stereocenters. The highest BCUT2D eigenvalue weighted by atomic mass is 16.2. The number of allylic oxidation sites excluding steroid dienone is 4. The van der Waals surface area contributed by atoms with E-state index in [-0.39, 0.29) is 29.1 Å². The monoisotopic (exact) mass is 303 g/mol. The van der Waals surface area contributed by atoms with E-state index < -0.39 is 0 Å². The van der Waals surface area contributed by atoms with Gasteiger partial charge >= 0.3 is 0 Å². The lowest BCUT2D eigenvalue weighted by molar-refractivity contribution is -0.126. The Labute approximate surface area is 134 Å². The lowest BCUT2D eigenvalue weighted by Crippen LogP contribution is -2.23. The highest BCUT2D eigenvalue weighted by Crippen LogP contribution is 2.37. The average molecular weight is 303 g/mol. The summed E-state index contributed by atoms with van der Waals surface area (Å²) in [5.41, 5.74) is 3.02. The molecular weight excluding hydrogens is 274 g/mol. The molecule has 1 fully saturated rings. The first kappa shape index (κ1) is 17.0. The summed E-state index contributed by atoms with van der Waals surface area (Å²) in [6.45, 7) is 11.1. The van der Waals surface area contributed by atoms with Crippen molar-refractivity contribution in [3.63, 3.8) is 0 Å². The van der Waals surface area contributed by atoms with Gasteiger partial charge in [-0.25, -0.2) is 0 Å². The highest BCUT2D eigenvalue weighted by molar-refractivity contribution is 6.05. The maximum absolute atomic E-state index is 11.8. The summed E-state index contributed by atoms with van der Waals surface area (Å²) in [5.74, 6) is 0.0831. The molecule has 2 rings (SSSR count). The number of carbonyl (C=O) groups is 2. The van der Waals surface area contributed by atoms with E-state index in [1.54, 1.807) is 0 Å². The topological polar surface area (TPSA) is 46.2 Å². The fourth-order valence-corrected chi connectivity index (χ4v) is 3.24. The minimum atomic E-state index is -0.123. The second-order valence-corrected chi connectivity index (χ2v) is 7.90. The van der Waals surface area contributed by atoms with E-state index in [1.165, 1.54) is 11.1 Å². The minimum Gasteiger partial charge on any atom is -0.296 e. The Morgan fingerprint density at radius 1 is 1.32 bits per heavy atom. The molecule has 1 heterocycles. The Morgan fingerprint density at radius 3 is 2.59 bits per heavy atom. The maximum Gasteiger partial charge on any atom is 0.230 e. The molecule has 22 heavy (non-hydrogen) atoms. The number of rotatable bonds is 4. The number of fused-ring (bicyclic) bond motifs is 1. The highest BCUT2D eigenvalue weighted by Gasteiger charge is 2.43. The first-order valence-electron chi connectivity index (χ1n) is 8.41. The molecule has 3 unspecified atom stereocenters. The molecule has 0 radical (unpaired) electrons. The third-order valence-corrected chi connectivity index (χ3v) is 5.36.